The molecule has 6 heteroatoms. The standard InChI is InChI=1S/C21H23ClN4O/c1-15-19(13-24-26(15)18-11-7-10-17(22)12-18)21(27)23-14-20(25(2)3)16-8-5-4-6-9-16/h4-13,20H,14H2,1-3H3,(H,23,27). The number of hydrogen-bond donors (Lipinski definition) is 1. The maximum Gasteiger partial charge on any atom is 0.254 e. The van der Waals surface area contributed by atoms with Crippen molar-refractivity contribution >= 4 is 17.5 Å². The second-order valence-corrected chi connectivity index (χ2v) is 7.07. The lowest BCUT2D eigenvalue weighted by Crippen LogP contribution is -2.34. The van der Waals surface area contributed by atoms with Gasteiger partial charge >= 0.3 is 0 Å². The summed E-state index contributed by atoms with van der Waals surface area (Å²) in [5.74, 6) is -0.136. The highest BCUT2D eigenvalue weighted by molar-refractivity contribution is 6.30. The average Bonchev–Trinajstić information content (AvgIpc) is 3.04. The van der Waals surface area contributed by atoms with E-state index in [0.29, 0.717) is 17.1 Å². The Morgan fingerprint density at radius 3 is 2.59 bits per heavy atom. The predicted molar refractivity (Wildman–Crippen MR) is 109 cm³/mol. The molecule has 1 unspecified atom stereocenters. The molecule has 0 bridgehead atoms. The maximum absolute atomic E-state index is 12.7. The largest absolute Gasteiger partial charge is 0.350 e. The second kappa shape index (κ2) is 8.37. The third-order valence-corrected chi connectivity index (χ3v) is 4.81. The van der Waals surface area contributed by atoms with Gasteiger partial charge in [-0.25, -0.2) is 4.68 Å². The van der Waals surface area contributed by atoms with E-state index in [1.807, 2.05) is 63.5 Å². The van der Waals surface area contributed by atoms with Gasteiger partial charge in [-0.2, -0.15) is 5.10 Å². The van der Waals surface area contributed by atoms with Gasteiger partial charge in [0, 0.05) is 11.6 Å². The van der Waals surface area contributed by atoms with Crippen molar-refractivity contribution in [3.8, 4) is 5.69 Å². The van der Waals surface area contributed by atoms with E-state index in [4.69, 9.17) is 11.6 Å². The van der Waals surface area contributed by atoms with E-state index >= 15 is 0 Å². The minimum absolute atomic E-state index is 0.0958. The fraction of sp³-hybridized carbons (Fsp3) is 0.238. The van der Waals surface area contributed by atoms with Crippen LogP contribution in [0.2, 0.25) is 5.02 Å². The van der Waals surface area contributed by atoms with Gasteiger partial charge in [0.2, 0.25) is 0 Å². The number of likely N-dealkylation sites (N-methyl/N-ethyl adjacent to an activating group) is 1. The Morgan fingerprint density at radius 1 is 1.19 bits per heavy atom. The third kappa shape index (κ3) is 4.38. The zero-order chi connectivity index (χ0) is 19.4. The molecule has 27 heavy (non-hydrogen) atoms. The number of carbonyl (C=O) groups is 1. The summed E-state index contributed by atoms with van der Waals surface area (Å²) in [5, 5.41) is 8.02. The molecular weight excluding hydrogens is 360 g/mol. The predicted octanol–water partition coefficient (Wildman–Crippen LogP) is 3.87. The van der Waals surface area contributed by atoms with Gasteiger partial charge in [-0.1, -0.05) is 48.0 Å². The minimum atomic E-state index is -0.136. The lowest BCUT2D eigenvalue weighted by atomic mass is 10.1. The van der Waals surface area contributed by atoms with Crippen molar-refractivity contribution < 1.29 is 4.79 Å². The quantitative estimate of drug-likeness (QED) is 0.704. The number of hydrogen-bond acceptors (Lipinski definition) is 3. The highest BCUT2D eigenvalue weighted by atomic mass is 35.5. The number of rotatable bonds is 6. The molecule has 1 atom stereocenters. The number of carbonyl (C=O) groups excluding carboxylic acids is 1. The van der Waals surface area contributed by atoms with Crippen LogP contribution in [0, 0.1) is 6.92 Å². The lowest BCUT2D eigenvalue weighted by molar-refractivity contribution is 0.0941. The Kier molecular flexibility index (Phi) is 5.94. The van der Waals surface area contributed by atoms with Gasteiger partial charge in [0.15, 0.2) is 0 Å². The number of nitrogens with one attached hydrogen (secondary N) is 1. The van der Waals surface area contributed by atoms with Crippen LogP contribution in [0.1, 0.15) is 27.7 Å². The summed E-state index contributed by atoms with van der Waals surface area (Å²) in [6.45, 7) is 2.39. The van der Waals surface area contributed by atoms with Gasteiger partial charge in [-0.15, -0.1) is 0 Å². The topological polar surface area (TPSA) is 50.2 Å². The Morgan fingerprint density at radius 2 is 1.93 bits per heavy atom. The third-order valence-electron chi connectivity index (χ3n) is 4.57. The fourth-order valence-electron chi connectivity index (χ4n) is 3.06. The number of aromatic nitrogens is 2. The molecule has 0 saturated heterocycles. The summed E-state index contributed by atoms with van der Waals surface area (Å²) in [6, 6.07) is 17.6. The van der Waals surface area contributed by atoms with Crippen LogP contribution in [-0.4, -0.2) is 41.2 Å². The molecule has 140 valence electrons. The van der Waals surface area contributed by atoms with E-state index < -0.39 is 0 Å². The molecule has 0 aliphatic carbocycles. The zero-order valence-corrected chi connectivity index (χ0v) is 16.4. The lowest BCUT2D eigenvalue weighted by Gasteiger charge is -2.25. The summed E-state index contributed by atoms with van der Waals surface area (Å²) in [6.07, 6.45) is 1.60. The van der Waals surface area contributed by atoms with Crippen molar-refractivity contribution in [3.63, 3.8) is 0 Å². The monoisotopic (exact) mass is 382 g/mol. The molecule has 0 aliphatic rings. The second-order valence-electron chi connectivity index (χ2n) is 6.64. The van der Waals surface area contributed by atoms with Crippen LogP contribution in [0.15, 0.2) is 60.8 Å². The number of nitrogens with zero attached hydrogens (tertiary/aromatic N) is 3. The van der Waals surface area contributed by atoms with Crippen LogP contribution in [0.4, 0.5) is 0 Å². The van der Waals surface area contributed by atoms with Gasteiger partial charge < -0.3 is 10.2 Å². The van der Waals surface area contributed by atoms with Crippen LogP contribution < -0.4 is 5.32 Å². The first-order chi connectivity index (χ1) is 13.0. The molecule has 3 aromatic rings. The van der Waals surface area contributed by atoms with E-state index in [1.54, 1.807) is 10.9 Å². The van der Waals surface area contributed by atoms with Crippen molar-refractivity contribution in [2.45, 2.75) is 13.0 Å². The highest BCUT2D eigenvalue weighted by Gasteiger charge is 2.19. The first-order valence-corrected chi connectivity index (χ1v) is 9.15. The summed E-state index contributed by atoms with van der Waals surface area (Å²) >= 11 is 6.06. The first kappa shape index (κ1) is 19.1. The molecule has 0 fully saturated rings. The van der Waals surface area contributed by atoms with Crippen molar-refractivity contribution in [1.29, 1.82) is 0 Å². The summed E-state index contributed by atoms with van der Waals surface area (Å²) < 4.78 is 1.72. The molecule has 0 aliphatic heterocycles. The van der Waals surface area contributed by atoms with E-state index in [-0.39, 0.29) is 11.9 Å². The molecule has 1 N–H and O–H groups in total. The fourth-order valence-corrected chi connectivity index (χ4v) is 3.24. The number of halogens is 1. The van der Waals surface area contributed by atoms with Crippen LogP contribution in [-0.2, 0) is 0 Å². The van der Waals surface area contributed by atoms with E-state index in [1.165, 1.54) is 0 Å². The van der Waals surface area contributed by atoms with Gasteiger partial charge in [0.1, 0.15) is 0 Å². The van der Waals surface area contributed by atoms with Crippen LogP contribution in [0.5, 0.6) is 0 Å². The van der Waals surface area contributed by atoms with E-state index in [9.17, 15) is 4.79 Å². The molecular formula is C21H23ClN4O. The van der Waals surface area contributed by atoms with Crippen molar-refractivity contribution in [3.05, 3.63) is 82.6 Å². The first-order valence-electron chi connectivity index (χ1n) is 8.77. The van der Waals surface area contributed by atoms with Crippen LogP contribution in [0.3, 0.4) is 0 Å². The Labute approximate surface area is 164 Å². The summed E-state index contributed by atoms with van der Waals surface area (Å²) in [7, 11) is 4.01. The normalized spacial score (nSPS) is 12.2. The van der Waals surface area contributed by atoms with Gasteiger partial charge in [-0.3, -0.25) is 4.79 Å². The van der Waals surface area contributed by atoms with Crippen molar-refractivity contribution in [1.82, 2.24) is 20.0 Å². The smallest absolute Gasteiger partial charge is 0.254 e. The van der Waals surface area contributed by atoms with E-state index in [0.717, 1.165) is 16.9 Å². The minimum Gasteiger partial charge on any atom is -0.350 e. The van der Waals surface area contributed by atoms with Crippen LogP contribution in [0.25, 0.3) is 5.69 Å². The molecule has 5 nitrogen and oxygen atoms in total. The van der Waals surface area contributed by atoms with Gasteiger partial charge in [0.05, 0.1) is 29.2 Å². The van der Waals surface area contributed by atoms with Gasteiger partial charge in [0.25, 0.3) is 5.91 Å². The zero-order valence-electron chi connectivity index (χ0n) is 15.7. The molecule has 0 spiro atoms. The number of amides is 1. The average molecular weight is 383 g/mol. The Hall–Kier alpha value is -2.63. The van der Waals surface area contributed by atoms with Crippen molar-refractivity contribution in [2.24, 2.45) is 0 Å². The molecule has 0 radical (unpaired) electrons. The van der Waals surface area contributed by atoms with Gasteiger partial charge in [-0.05, 0) is 44.8 Å². The highest BCUT2D eigenvalue weighted by Crippen LogP contribution is 2.19. The molecule has 3 rings (SSSR count). The summed E-state index contributed by atoms with van der Waals surface area (Å²) in [4.78, 5) is 14.8. The number of benzene rings is 2. The molecule has 2 aromatic carbocycles. The molecule has 0 saturated carbocycles. The van der Waals surface area contributed by atoms with Crippen LogP contribution >= 0.6 is 11.6 Å². The Balaban J connectivity index is 1.75. The molecule has 1 amide bonds. The molecule has 1 aromatic heterocycles. The van der Waals surface area contributed by atoms with E-state index in [2.05, 4.69) is 27.4 Å². The van der Waals surface area contributed by atoms with Crippen molar-refractivity contribution in [2.75, 3.05) is 20.6 Å². The Bertz CT molecular complexity index is 921. The summed E-state index contributed by atoms with van der Waals surface area (Å²) in [5.41, 5.74) is 3.32. The molecule has 1 heterocycles. The SMILES string of the molecule is Cc1c(C(=O)NCC(c2ccccc2)N(C)C)cnn1-c1cccc(Cl)c1. The maximum atomic E-state index is 12.7.